The molecule has 0 saturated heterocycles. The van der Waals surface area contributed by atoms with Crippen LogP contribution >= 0.6 is 15.9 Å². The molecule has 9 heavy (non-hydrogen) atoms. The molecule has 1 radical (unpaired) electrons. The first-order chi connectivity index (χ1) is 4.22. The van der Waals surface area contributed by atoms with Crippen LogP contribution < -0.4 is 5.73 Å². The highest BCUT2D eigenvalue weighted by Crippen LogP contribution is 2.20. The molecule has 1 aromatic rings. The number of hydrogen-bond acceptors (Lipinski definition) is 1. The lowest BCUT2D eigenvalue weighted by molar-refractivity contribution is 1.45. The lowest BCUT2D eigenvalue weighted by atomic mass is 10.2. The molecule has 2 N–H and O–H groups in total. The molecular weight excluding hydrogens is 178 g/mol. The Kier molecular flexibility index (Phi) is 1.76. The summed E-state index contributed by atoms with van der Waals surface area (Å²) in [5.41, 5.74) is 7.46. The van der Waals surface area contributed by atoms with Gasteiger partial charge in [0.1, 0.15) is 0 Å². The Bertz CT molecular complexity index is 200. The molecule has 0 bridgehead atoms. The van der Waals surface area contributed by atoms with E-state index in [4.69, 9.17) is 5.73 Å². The van der Waals surface area contributed by atoms with E-state index >= 15 is 0 Å². The first kappa shape index (κ1) is 6.62. The van der Waals surface area contributed by atoms with Crippen LogP contribution in [0, 0.1) is 13.0 Å². The highest BCUT2D eigenvalue weighted by molar-refractivity contribution is 9.10. The Labute approximate surface area is 63.0 Å². The van der Waals surface area contributed by atoms with Crippen LogP contribution in [0.4, 0.5) is 5.69 Å². The lowest BCUT2D eigenvalue weighted by Gasteiger charge is -1.98. The van der Waals surface area contributed by atoms with Gasteiger partial charge in [-0.15, -0.1) is 0 Å². The zero-order chi connectivity index (χ0) is 6.85. The van der Waals surface area contributed by atoms with Gasteiger partial charge in [-0.2, -0.15) is 0 Å². The minimum absolute atomic E-state index is 0.775. The molecule has 1 aromatic carbocycles. The number of rotatable bonds is 0. The lowest BCUT2D eigenvalue weighted by Crippen LogP contribution is -1.89. The average Bonchev–Trinajstić information content (AvgIpc) is 1.83. The Morgan fingerprint density at radius 2 is 2.33 bits per heavy atom. The summed E-state index contributed by atoms with van der Waals surface area (Å²) in [4.78, 5) is 0. The predicted molar refractivity (Wildman–Crippen MR) is 42.1 cm³/mol. The van der Waals surface area contributed by atoms with Crippen LogP contribution in [0.3, 0.4) is 0 Å². The summed E-state index contributed by atoms with van der Waals surface area (Å²) in [5, 5.41) is 0. The van der Waals surface area contributed by atoms with Gasteiger partial charge in [0.15, 0.2) is 0 Å². The van der Waals surface area contributed by atoms with E-state index in [9.17, 15) is 0 Å². The monoisotopic (exact) mass is 184 g/mol. The SMILES string of the molecule is Cc1cc[c]c(Br)c1N. The zero-order valence-corrected chi connectivity index (χ0v) is 6.70. The fourth-order valence-corrected chi connectivity index (χ4v) is 1.03. The van der Waals surface area contributed by atoms with Crippen LogP contribution in [0.1, 0.15) is 5.56 Å². The molecule has 0 atom stereocenters. The fraction of sp³-hybridized carbons (Fsp3) is 0.143. The second-order valence-electron chi connectivity index (χ2n) is 1.89. The number of benzene rings is 1. The molecule has 0 aliphatic heterocycles. The molecule has 1 nitrogen and oxygen atoms in total. The molecule has 0 spiro atoms. The summed E-state index contributed by atoms with van der Waals surface area (Å²) >= 11 is 3.27. The van der Waals surface area contributed by atoms with Crippen LogP contribution in [-0.2, 0) is 0 Å². The molecule has 1 rings (SSSR count). The van der Waals surface area contributed by atoms with Crippen molar-refractivity contribution in [2.75, 3.05) is 5.73 Å². The zero-order valence-electron chi connectivity index (χ0n) is 5.11. The summed E-state index contributed by atoms with van der Waals surface area (Å²) in [5.74, 6) is 0. The van der Waals surface area contributed by atoms with Crippen molar-refractivity contribution in [2.24, 2.45) is 0 Å². The van der Waals surface area contributed by atoms with Crippen molar-refractivity contribution in [3.8, 4) is 0 Å². The van der Waals surface area contributed by atoms with E-state index < -0.39 is 0 Å². The van der Waals surface area contributed by atoms with E-state index in [0.717, 1.165) is 15.7 Å². The van der Waals surface area contributed by atoms with E-state index in [2.05, 4.69) is 22.0 Å². The Balaban J connectivity index is 3.25. The van der Waals surface area contributed by atoms with Crippen molar-refractivity contribution < 1.29 is 0 Å². The maximum Gasteiger partial charge on any atom is 0.0494 e. The third-order valence-corrected chi connectivity index (χ3v) is 1.86. The van der Waals surface area contributed by atoms with E-state index in [1.807, 2.05) is 19.1 Å². The number of hydrogen-bond donors (Lipinski definition) is 1. The first-order valence-electron chi connectivity index (χ1n) is 2.64. The number of anilines is 1. The molecule has 0 aliphatic rings. The van der Waals surface area contributed by atoms with Gasteiger partial charge >= 0.3 is 0 Å². The topological polar surface area (TPSA) is 26.0 Å². The normalized spacial score (nSPS) is 9.56. The number of nitrogen functional groups attached to an aromatic ring is 1. The quantitative estimate of drug-likeness (QED) is 0.615. The van der Waals surface area contributed by atoms with Crippen molar-refractivity contribution >= 4 is 21.6 Å². The Hall–Kier alpha value is -0.500. The number of nitrogens with two attached hydrogens (primary N) is 1. The maximum absolute atomic E-state index is 5.60. The number of halogens is 1. The van der Waals surface area contributed by atoms with Crippen molar-refractivity contribution in [1.29, 1.82) is 0 Å². The molecular formula is C7H7BrN. The van der Waals surface area contributed by atoms with Gasteiger partial charge in [0.05, 0.1) is 0 Å². The van der Waals surface area contributed by atoms with Gasteiger partial charge in [-0.1, -0.05) is 12.1 Å². The van der Waals surface area contributed by atoms with Crippen LogP contribution in [0.2, 0.25) is 0 Å². The van der Waals surface area contributed by atoms with Crippen molar-refractivity contribution in [2.45, 2.75) is 6.92 Å². The van der Waals surface area contributed by atoms with E-state index in [1.165, 1.54) is 0 Å². The molecule has 0 saturated carbocycles. The van der Waals surface area contributed by atoms with Gasteiger partial charge in [-0.05, 0) is 34.5 Å². The van der Waals surface area contributed by atoms with Crippen molar-refractivity contribution in [3.05, 3.63) is 28.2 Å². The number of aryl methyl sites for hydroxylation is 1. The van der Waals surface area contributed by atoms with Crippen LogP contribution in [0.5, 0.6) is 0 Å². The van der Waals surface area contributed by atoms with Gasteiger partial charge in [0, 0.05) is 10.2 Å². The summed E-state index contributed by atoms with van der Waals surface area (Å²) in [7, 11) is 0. The van der Waals surface area contributed by atoms with Gasteiger partial charge in [-0.3, -0.25) is 0 Å². The largest absolute Gasteiger partial charge is 0.398 e. The Morgan fingerprint density at radius 1 is 1.67 bits per heavy atom. The molecule has 2 heteroatoms. The van der Waals surface area contributed by atoms with E-state index in [0.29, 0.717) is 0 Å². The van der Waals surface area contributed by atoms with Crippen LogP contribution in [0.15, 0.2) is 16.6 Å². The van der Waals surface area contributed by atoms with Gasteiger partial charge in [0.2, 0.25) is 0 Å². The molecule has 0 aromatic heterocycles. The minimum atomic E-state index is 0.775. The highest BCUT2D eigenvalue weighted by Gasteiger charge is 1.95. The van der Waals surface area contributed by atoms with Gasteiger partial charge < -0.3 is 5.73 Å². The highest BCUT2D eigenvalue weighted by atomic mass is 79.9. The first-order valence-corrected chi connectivity index (χ1v) is 3.43. The predicted octanol–water partition coefficient (Wildman–Crippen LogP) is 2.14. The molecule has 47 valence electrons. The fourth-order valence-electron chi connectivity index (χ4n) is 0.580. The van der Waals surface area contributed by atoms with Crippen LogP contribution in [-0.4, -0.2) is 0 Å². The molecule has 0 heterocycles. The maximum atomic E-state index is 5.60. The molecule has 0 aliphatic carbocycles. The third kappa shape index (κ3) is 1.24. The third-order valence-electron chi connectivity index (χ3n) is 1.20. The van der Waals surface area contributed by atoms with E-state index in [-0.39, 0.29) is 0 Å². The minimum Gasteiger partial charge on any atom is -0.398 e. The second-order valence-corrected chi connectivity index (χ2v) is 2.68. The molecule has 0 amide bonds. The van der Waals surface area contributed by atoms with Crippen molar-refractivity contribution in [1.82, 2.24) is 0 Å². The summed E-state index contributed by atoms with van der Waals surface area (Å²) in [6.45, 7) is 1.97. The van der Waals surface area contributed by atoms with Crippen LogP contribution in [0.25, 0.3) is 0 Å². The Morgan fingerprint density at radius 3 is 2.78 bits per heavy atom. The summed E-state index contributed by atoms with van der Waals surface area (Å²) in [6, 6.07) is 6.71. The summed E-state index contributed by atoms with van der Waals surface area (Å²) < 4.78 is 0.850. The summed E-state index contributed by atoms with van der Waals surface area (Å²) in [6.07, 6.45) is 0. The molecule has 0 unspecified atom stereocenters. The average molecular weight is 185 g/mol. The second kappa shape index (κ2) is 2.40. The van der Waals surface area contributed by atoms with Gasteiger partial charge in [-0.25, -0.2) is 0 Å². The molecule has 0 fully saturated rings. The standard InChI is InChI=1S/C7H7BrN/c1-5-3-2-4-6(8)7(5)9/h2-3H,9H2,1H3. The van der Waals surface area contributed by atoms with Gasteiger partial charge in [0.25, 0.3) is 0 Å². The van der Waals surface area contributed by atoms with E-state index in [1.54, 1.807) is 0 Å². The van der Waals surface area contributed by atoms with Crippen molar-refractivity contribution in [3.63, 3.8) is 0 Å². The smallest absolute Gasteiger partial charge is 0.0494 e.